The molecule has 0 spiro atoms. The van der Waals surface area contributed by atoms with Crippen LogP contribution < -0.4 is 10.4 Å². The summed E-state index contributed by atoms with van der Waals surface area (Å²) in [6.45, 7) is 63.0. The monoisotopic (exact) mass is 843 g/mol. The normalized spacial score (nSPS) is 17.6. The number of nitrogens with zero attached hydrogens (tertiary/aromatic N) is 1. The molecule has 1 heterocycles. The smallest absolute Gasteiger partial charge is 0.172 e. The predicted molar refractivity (Wildman–Crippen MR) is 268 cm³/mol. The number of hydrogen-bond acceptors (Lipinski definition) is 1. The van der Waals surface area contributed by atoms with Crippen molar-refractivity contribution < 1.29 is 0 Å². The van der Waals surface area contributed by atoms with Gasteiger partial charge >= 0.3 is 0 Å². The third-order valence-electron chi connectivity index (χ3n) is 12.5. The van der Waals surface area contributed by atoms with E-state index in [1.54, 1.807) is 21.9 Å². The lowest BCUT2D eigenvalue weighted by Crippen LogP contribution is -2.66. The molecule has 0 radical (unpaired) electrons. The van der Waals surface area contributed by atoms with E-state index in [0.29, 0.717) is 15.5 Å². The number of rotatable bonds is 11. The first-order chi connectivity index (χ1) is 24.0. The fourth-order valence-corrected chi connectivity index (χ4v) is 56.2. The molecule has 0 saturated heterocycles. The Morgan fingerprint density at radius 1 is 0.444 bits per heavy atom. The number of aryl methyl sites for hydroxylation is 5. The average molecular weight is 845 g/mol. The molecular weight excluding hydrogens is 763 g/mol. The Labute approximate surface area is 341 Å². The molecule has 0 fully saturated rings. The van der Waals surface area contributed by atoms with Crippen LogP contribution in [0.3, 0.4) is 0 Å². The Hall–Kier alpha value is -1.15. The largest absolute Gasteiger partial charge is 0.257 e. The number of aliphatic imine (C=N–C) groups is 1. The van der Waals surface area contributed by atoms with Gasteiger partial charge in [0.05, 0.1) is 5.69 Å². The first kappa shape index (κ1) is 45.5. The van der Waals surface area contributed by atoms with Crippen LogP contribution in [0.25, 0.3) is 0 Å². The van der Waals surface area contributed by atoms with Crippen LogP contribution in [0.4, 0.5) is 5.69 Å². The van der Waals surface area contributed by atoms with Crippen LogP contribution in [0.1, 0.15) is 65.6 Å². The van der Waals surface area contributed by atoms with E-state index in [0.717, 1.165) is 0 Å². The highest BCUT2D eigenvalue weighted by Crippen LogP contribution is 2.46. The zero-order valence-corrected chi connectivity index (χ0v) is 46.6. The molecule has 3 aromatic carbocycles. The molecule has 1 nitrogen and oxygen atoms in total. The van der Waals surface area contributed by atoms with Crippen molar-refractivity contribution in [3.8, 4) is 0 Å². The quantitative estimate of drug-likeness (QED) is 0.171. The van der Waals surface area contributed by atoms with Crippen molar-refractivity contribution in [3.05, 3.63) is 86.5 Å². The Kier molecular flexibility index (Phi) is 12.3. The average Bonchev–Trinajstić information content (AvgIpc) is 3.15. The minimum absolute atomic E-state index is 0.646. The van der Waals surface area contributed by atoms with Gasteiger partial charge in [-0.05, 0) is 99.4 Å². The summed E-state index contributed by atoms with van der Waals surface area (Å²) in [5.41, 5.74) is 14.9. The van der Waals surface area contributed by atoms with Gasteiger partial charge in [-0.1, -0.05) is 172 Å². The molecule has 298 valence electrons. The zero-order valence-electron chi connectivity index (χ0n) is 39.6. The van der Waals surface area contributed by atoms with Crippen LogP contribution in [0.5, 0.6) is 0 Å². The minimum Gasteiger partial charge on any atom is -0.257 e. The van der Waals surface area contributed by atoms with E-state index >= 15 is 0 Å². The lowest BCUT2D eigenvalue weighted by molar-refractivity contribution is 1.09. The van der Waals surface area contributed by atoms with E-state index in [2.05, 4.69) is 195 Å². The lowest BCUT2D eigenvalue weighted by Gasteiger charge is -2.48. The van der Waals surface area contributed by atoms with E-state index in [1.165, 1.54) is 44.4 Å². The molecule has 0 bridgehead atoms. The fraction of sp³-hybridized carbons (Fsp3) is 0.587. The van der Waals surface area contributed by atoms with E-state index in [4.69, 9.17) is 4.99 Å². The molecule has 4 rings (SSSR count). The summed E-state index contributed by atoms with van der Waals surface area (Å²) < 4.78 is 0. The molecule has 1 aliphatic rings. The van der Waals surface area contributed by atoms with Crippen molar-refractivity contribution in [1.82, 2.24) is 0 Å². The van der Waals surface area contributed by atoms with Crippen LogP contribution in [0.2, 0.25) is 124 Å². The lowest BCUT2D eigenvalue weighted by atomic mass is 10.0. The summed E-state index contributed by atoms with van der Waals surface area (Å²) in [4.78, 5) is 5.97. The Balaban J connectivity index is 2.50. The van der Waals surface area contributed by atoms with Crippen LogP contribution in [0.15, 0.2) is 41.4 Å². The first-order valence-corrected chi connectivity index (χ1v) is 45.0. The number of fused-ring (bicyclic) bond motifs is 1. The molecule has 1 aliphatic heterocycles. The molecule has 3 aromatic rings. The van der Waals surface area contributed by atoms with Crippen molar-refractivity contribution in [2.24, 2.45) is 4.99 Å². The van der Waals surface area contributed by atoms with Gasteiger partial charge in [-0.3, -0.25) is 4.99 Å². The summed E-state index contributed by atoms with van der Waals surface area (Å²) in [6.07, 6.45) is 0. The molecule has 0 aromatic heterocycles. The summed E-state index contributed by atoms with van der Waals surface area (Å²) in [6, 6.07) is 15.7. The standard InChI is InChI=1S/C46H81NSi7/c1-31-25-33(3)40(34(4)26-31)43-47-41-35(5)27-32(2)28-39(41)54(43,24)42-37(45(50(12,13)14)51(15,16)17)29-36(44(48(6,7)8)49(9,10)11)30-38(42)46(52(18,19)20)53(21,22)23/h25-30,44-46H,1-24H3. The third kappa shape index (κ3) is 8.65. The highest BCUT2D eigenvalue weighted by Gasteiger charge is 2.54. The van der Waals surface area contributed by atoms with Crippen molar-refractivity contribution in [3.63, 3.8) is 0 Å². The first-order valence-electron chi connectivity index (χ1n) is 21.0. The number of hydrogen-bond donors (Lipinski definition) is 0. The van der Waals surface area contributed by atoms with Crippen molar-refractivity contribution >= 4 is 77.9 Å². The fourth-order valence-electron chi connectivity index (χ4n) is 12.6. The van der Waals surface area contributed by atoms with E-state index in [-0.39, 0.29) is 0 Å². The van der Waals surface area contributed by atoms with Gasteiger partial charge in [0.15, 0.2) is 8.07 Å². The summed E-state index contributed by atoms with van der Waals surface area (Å²) in [7, 11) is -12.8. The van der Waals surface area contributed by atoms with E-state index in [1.807, 2.05) is 5.19 Å². The SMILES string of the molecule is Cc1cc(C)c(C2=Nc3c(C)cc(C)cc3[Si]2(C)c2c(C([Si](C)(C)C)[Si](C)(C)C)cc(C([Si](C)(C)C)[Si](C)(C)C)cc2C([Si](C)(C)C)[Si](C)(C)C)c(C)c1. The topological polar surface area (TPSA) is 12.4 Å². The highest BCUT2D eigenvalue weighted by atomic mass is 28.4. The Morgan fingerprint density at radius 3 is 1.13 bits per heavy atom. The van der Waals surface area contributed by atoms with E-state index in [9.17, 15) is 0 Å². The molecule has 54 heavy (non-hydrogen) atoms. The maximum absolute atomic E-state index is 5.97. The summed E-state index contributed by atoms with van der Waals surface area (Å²) in [5.74, 6) is 0. The second-order valence-electron chi connectivity index (χ2n) is 24.4. The molecule has 8 heteroatoms. The van der Waals surface area contributed by atoms with Crippen LogP contribution in [-0.4, -0.2) is 61.9 Å². The maximum Gasteiger partial charge on any atom is 0.172 e. The number of benzene rings is 3. The van der Waals surface area contributed by atoms with Gasteiger partial charge < -0.3 is 0 Å². The van der Waals surface area contributed by atoms with Crippen molar-refractivity contribution in [2.75, 3.05) is 0 Å². The van der Waals surface area contributed by atoms with Crippen LogP contribution >= 0.6 is 0 Å². The second-order valence-corrected chi connectivity index (χ2v) is 61.8. The zero-order chi connectivity index (χ0) is 41.7. The molecule has 0 saturated carbocycles. The van der Waals surface area contributed by atoms with Gasteiger partial charge in [-0.15, -0.1) is 0 Å². The predicted octanol–water partition coefficient (Wildman–Crippen LogP) is 13.6. The highest BCUT2D eigenvalue weighted by molar-refractivity contribution is 7.26. The molecule has 1 atom stereocenters. The molecule has 1 unspecified atom stereocenters. The van der Waals surface area contributed by atoms with Gasteiger partial charge in [0.1, 0.15) is 0 Å². The Bertz CT molecular complexity index is 1830. The molecule has 0 aliphatic carbocycles. The minimum atomic E-state index is -2.71. The van der Waals surface area contributed by atoms with Crippen molar-refractivity contribution in [1.29, 1.82) is 0 Å². The van der Waals surface area contributed by atoms with E-state index < -0.39 is 56.5 Å². The van der Waals surface area contributed by atoms with Gasteiger partial charge in [0.25, 0.3) is 0 Å². The molecular formula is C46H81NSi7. The third-order valence-corrected chi connectivity index (χ3v) is 44.7. The van der Waals surface area contributed by atoms with Gasteiger partial charge in [0.2, 0.25) is 0 Å². The van der Waals surface area contributed by atoms with Gasteiger partial charge in [-0.25, -0.2) is 0 Å². The summed E-state index contributed by atoms with van der Waals surface area (Å²) in [5, 5.41) is 6.81. The summed E-state index contributed by atoms with van der Waals surface area (Å²) >= 11 is 0. The Morgan fingerprint density at radius 2 is 0.778 bits per heavy atom. The second kappa shape index (κ2) is 14.6. The van der Waals surface area contributed by atoms with Gasteiger partial charge in [-0.2, -0.15) is 0 Å². The van der Waals surface area contributed by atoms with Crippen molar-refractivity contribution in [2.45, 2.75) is 175 Å². The van der Waals surface area contributed by atoms with Gasteiger partial charge in [0, 0.05) is 53.8 Å². The van der Waals surface area contributed by atoms with Crippen LogP contribution in [-0.2, 0) is 0 Å². The molecule has 0 N–H and O–H groups in total. The maximum atomic E-state index is 5.97. The molecule has 0 amide bonds. The van der Waals surface area contributed by atoms with Crippen LogP contribution in [0, 0.1) is 34.6 Å².